The molecule has 80 valence electrons. The fourth-order valence-corrected chi connectivity index (χ4v) is 2.11. The minimum absolute atomic E-state index is 0.215. The monoisotopic (exact) mass is 203 g/mol. The maximum absolute atomic E-state index is 6.44. The number of para-hydroxylation sites is 1. The average Bonchev–Trinajstić information content (AvgIpc) is 2.23. The molecule has 1 aliphatic heterocycles. The van der Waals surface area contributed by atoms with Gasteiger partial charge in [-0.05, 0) is 17.5 Å². The smallest absolute Gasteiger partial charge is 0.0677 e. The van der Waals surface area contributed by atoms with E-state index in [4.69, 9.17) is 11.5 Å². The van der Waals surface area contributed by atoms with Crippen molar-refractivity contribution in [3.05, 3.63) is 29.8 Å². The second-order valence-electron chi connectivity index (χ2n) is 4.41. The SMILES string of the molecule is CC(C)C1(N)c2ccccc2N=CC1N. The third-order valence-corrected chi connectivity index (χ3v) is 3.25. The van der Waals surface area contributed by atoms with Crippen LogP contribution in [0.2, 0.25) is 0 Å². The molecule has 0 bridgehead atoms. The summed E-state index contributed by atoms with van der Waals surface area (Å²) in [5.74, 6) is 0.278. The Balaban J connectivity index is 2.61. The summed E-state index contributed by atoms with van der Waals surface area (Å²) in [5, 5.41) is 0. The van der Waals surface area contributed by atoms with Crippen LogP contribution in [0.1, 0.15) is 19.4 Å². The van der Waals surface area contributed by atoms with Crippen LogP contribution in [0.3, 0.4) is 0 Å². The van der Waals surface area contributed by atoms with Gasteiger partial charge >= 0.3 is 0 Å². The number of benzene rings is 1. The number of nitrogens with two attached hydrogens (primary N) is 2. The lowest BCUT2D eigenvalue weighted by molar-refractivity contribution is 0.297. The highest BCUT2D eigenvalue weighted by molar-refractivity contribution is 5.77. The Hall–Kier alpha value is -1.19. The van der Waals surface area contributed by atoms with Crippen molar-refractivity contribution in [2.45, 2.75) is 25.4 Å². The van der Waals surface area contributed by atoms with Gasteiger partial charge in [-0.25, -0.2) is 0 Å². The fourth-order valence-electron chi connectivity index (χ4n) is 2.11. The number of rotatable bonds is 1. The standard InChI is InChI=1S/C12H17N3/c1-8(2)12(14)9-5-3-4-6-10(9)15-7-11(12)13/h3-8,11H,13-14H2,1-2H3. The molecule has 2 rings (SSSR count). The van der Waals surface area contributed by atoms with Gasteiger partial charge in [0, 0.05) is 6.21 Å². The van der Waals surface area contributed by atoms with Crippen molar-refractivity contribution in [1.82, 2.24) is 0 Å². The van der Waals surface area contributed by atoms with Gasteiger partial charge in [0.05, 0.1) is 17.3 Å². The van der Waals surface area contributed by atoms with Crippen LogP contribution in [0.25, 0.3) is 0 Å². The third-order valence-electron chi connectivity index (χ3n) is 3.25. The molecular formula is C12H17N3. The van der Waals surface area contributed by atoms with Gasteiger partial charge in [0.1, 0.15) is 0 Å². The number of nitrogens with zero attached hydrogens (tertiary/aromatic N) is 1. The van der Waals surface area contributed by atoms with E-state index in [0.717, 1.165) is 11.3 Å². The largest absolute Gasteiger partial charge is 0.321 e. The quantitative estimate of drug-likeness (QED) is 0.727. The number of fused-ring (bicyclic) bond motifs is 1. The molecule has 0 aliphatic carbocycles. The molecule has 2 atom stereocenters. The molecule has 0 spiro atoms. The van der Waals surface area contributed by atoms with Crippen LogP contribution in [0.5, 0.6) is 0 Å². The highest BCUT2D eigenvalue weighted by atomic mass is 14.9. The number of hydrogen-bond acceptors (Lipinski definition) is 3. The summed E-state index contributed by atoms with van der Waals surface area (Å²) < 4.78 is 0. The van der Waals surface area contributed by atoms with E-state index < -0.39 is 5.54 Å². The maximum Gasteiger partial charge on any atom is 0.0677 e. The molecule has 1 heterocycles. The molecule has 4 N–H and O–H groups in total. The summed E-state index contributed by atoms with van der Waals surface area (Å²) in [5.41, 5.74) is 14.0. The van der Waals surface area contributed by atoms with E-state index in [0.29, 0.717) is 0 Å². The van der Waals surface area contributed by atoms with E-state index in [1.807, 2.05) is 24.3 Å². The highest BCUT2D eigenvalue weighted by Gasteiger charge is 2.40. The first-order valence-electron chi connectivity index (χ1n) is 5.25. The molecule has 15 heavy (non-hydrogen) atoms. The second-order valence-corrected chi connectivity index (χ2v) is 4.41. The summed E-state index contributed by atoms with van der Waals surface area (Å²) in [6.07, 6.45) is 1.75. The zero-order valence-electron chi connectivity index (χ0n) is 9.14. The molecular weight excluding hydrogens is 186 g/mol. The van der Waals surface area contributed by atoms with Crippen LogP contribution in [0.15, 0.2) is 29.3 Å². The van der Waals surface area contributed by atoms with Gasteiger partial charge in [-0.2, -0.15) is 0 Å². The molecule has 3 heteroatoms. The Bertz CT molecular complexity index is 398. The summed E-state index contributed by atoms with van der Waals surface area (Å²) in [7, 11) is 0. The van der Waals surface area contributed by atoms with Gasteiger partial charge in [0.15, 0.2) is 0 Å². The minimum Gasteiger partial charge on any atom is -0.321 e. The fraction of sp³-hybridized carbons (Fsp3) is 0.417. The van der Waals surface area contributed by atoms with Crippen LogP contribution >= 0.6 is 0 Å². The summed E-state index contributed by atoms with van der Waals surface area (Å²) >= 11 is 0. The Morgan fingerprint density at radius 2 is 2.00 bits per heavy atom. The predicted molar refractivity (Wildman–Crippen MR) is 63.3 cm³/mol. The van der Waals surface area contributed by atoms with Crippen molar-refractivity contribution < 1.29 is 0 Å². The molecule has 0 saturated carbocycles. The van der Waals surface area contributed by atoms with Crippen LogP contribution in [-0.4, -0.2) is 12.3 Å². The predicted octanol–water partition coefficient (Wildman–Crippen LogP) is 1.54. The maximum atomic E-state index is 6.44. The first kappa shape index (κ1) is 10.3. The van der Waals surface area contributed by atoms with Crippen LogP contribution in [0, 0.1) is 5.92 Å². The lowest BCUT2D eigenvalue weighted by Gasteiger charge is -2.40. The molecule has 0 amide bonds. The Morgan fingerprint density at radius 3 is 2.67 bits per heavy atom. The van der Waals surface area contributed by atoms with Crippen LogP contribution < -0.4 is 11.5 Å². The molecule has 0 saturated heterocycles. The van der Waals surface area contributed by atoms with Crippen LogP contribution in [-0.2, 0) is 5.54 Å². The van der Waals surface area contributed by atoms with E-state index >= 15 is 0 Å². The molecule has 1 aromatic rings. The molecule has 1 aliphatic rings. The number of aliphatic imine (C=N–C) groups is 1. The Kier molecular flexibility index (Phi) is 2.37. The van der Waals surface area contributed by atoms with Gasteiger partial charge in [0.25, 0.3) is 0 Å². The zero-order chi connectivity index (χ0) is 11.1. The average molecular weight is 203 g/mol. The van der Waals surface area contributed by atoms with Gasteiger partial charge in [-0.1, -0.05) is 32.0 Å². The molecule has 0 aromatic heterocycles. The zero-order valence-corrected chi connectivity index (χ0v) is 9.14. The van der Waals surface area contributed by atoms with E-state index in [9.17, 15) is 0 Å². The van der Waals surface area contributed by atoms with E-state index in [-0.39, 0.29) is 12.0 Å². The molecule has 2 unspecified atom stereocenters. The van der Waals surface area contributed by atoms with E-state index in [1.54, 1.807) is 6.21 Å². The molecule has 1 aromatic carbocycles. The van der Waals surface area contributed by atoms with Crippen molar-refractivity contribution in [3.8, 4) is 0 Å². The lowest BCUT2D eigenvalue weighted by atomic mass is 9.74. The molecule has 0 fully saturated rings. The summed E-state index contributed by atoms with van der Waals surface area (Å²) in [4.78, 5) is 4.32. The Labute approximate surface area is 90.2 Å². The van der Waals surface area contributed by atoms with Gasteiger partial charge in [-0.3, -0.25) is 4.99 Å². The van der Waals surface area contributed by atoms with Gasteiger partial charge in [-0.15, -0.1) is 0 Å². The molecule has 3 nitrogen and oxygen atoms in total. The lowest BCUT2D eigenvalue weighted by Crippen LogP contribution is -2.58. The minimum atomic E-state index is -0.502. The first-order chi connectivity index (χ1) is 7.06. The van der Waals surface area contributed by atoms with Crippen molar-refractivity contribution >= 4 is 11.9 Å². The normalized spacial score (nSPS) is 29.3. The molecule has 0 radical (unpaired) electrons. The van der Waals surface area contributed by atoms with Crippen molar-refractivity contribution in [1.29, 1.82) is 0 Å². The van der Waals surface area contributed by atoms with Gasteiger partial charge in [0.2, 0.25) is 0 Å². The summed E-state index contributed by atoms with van der Waals surface area (Å²) in [6.45, 7) is 4.19. The summed E-state index contributed by atoms with van der Waals surface area (Å²) in [6, 6.07) is 7.73. The second kappa shape index (κ2) is 3.43. The van der Waals surface area contributed by atoms with Crippen molar-refractivity contribution in [2.75, 3.05) is 0 Å². The first-order valence-corrected chi connectivity index (χ1v) is 5.25. The number of hydrogen-bond donors (Lipinski definition) is 2. The van der Waals surface area contributed by atoms with Gasteiger partial charge < -0.3 is 11.5 Å². The third kappa shape index (κ3) is 1.39. The topological polar surface area (TPSA) is 64.4 Å². The van der Waals surface area contributed by atoms with E-state index in [2.05, 4.69) is 18.8 Å². The van der Waals surface area contributed by atoms with Crippen molar-refractivity contribution in [2.24, 2.45) is 22.4 Å². The van der Waals surface area contributed by atoms with Crippen molar-refractivity contribution in [3.63, 3.8) is 0 Å². The van der Waals surface area contributed by atoms with Crippen LogP contribution in [0.4, 0.5) is 5.69 Å². The Morgan fingerprint density at radius 1 is 1.33 bits per heavy atom. The van der Waals surface area contributed by atoms with E-state index in [1.165, 1.54) is 0 Å². The highest BCUT2D eigenvalue weighted by Crippen LogP contribution is 2.38.